The number of aliphatic carboxylic acids is 1. The van der Waals surface area contributed by atoms with Crippen LogP contribution in [0.3, 0.4) is 0 Å². The topological polar surface area (TPSA) is 77.8 Å². The Bertz CT molecular complexity index is 605. The lowest BCUT2D eigenvalue weighted by Gasteiger charge is -2.62. The van der Waals surface area contributed by atoms with Crippen molar-refractivity contribution in [3.05, 3.63) is 0 Å². The number of aliphatic hydroxyl groups excluding tert-OH is 2. The second-order valence-corrected chi connectivity index (χ2v) is 11.4. The molecule has 160 valence electrons. The van der Waals surface area contributed by atoms with E-state index in [4.69, 9.17) is 5.11 Å². The number of fused-ring (bicyclic) bond motifs is 5. The molecule has 0 saturated heterocycles. The third-order valence-corrected chi connectivity index (χ3v) is 10.2. The minimum absolute atomic E-state index is 0.179. The van der Waals surface area contributed by atoms with Gasteiger partial charge in [0.1, 0.15) is 0 Å². The van der Waals surface area contributed by atoms with Gasteiger partial charge in [-0.25, -0.2) is 0 Å². The lowest BCUT2D eigenvalue weighted by atomic mass is 9.43. The van der Waals surface area contributed by atoms with E-state index in [1.165, 1.54) is 25.7 Å². The lowest BCUT2D eigenvalue weighted by molar-refractivity contribution is -0.174. The van der Waals surface area contributed by atoms with Gasteiger partial charge in [-0.2, -0.15) is 0 Å². The lowest BCUT2D eigenvalue weighted by Crippen LogP contribution is -2.58. The first-order valence-corrected chi connectivity index (χ1v) is 11.7. The molecule has 0 amide bonds. The third kappa shape index (κ3) is 3.14. The summed E-state index contributed by atoms with van der Waals surface area (Å²) in [6.07, 6.45) is 9.19. The minimum atomic E-state index is -0.684. The van der Waals surface area contributed by atoms with Crippen molar-refractivity contribution in [3.8, 4) is 0 Å². The largest absolute Gasteiger partial charge is 0.481 e. The maximum atomic E-state index is 11.2. The zero-order chi connectivity index (χ0) is 20.3. The van der Waals surface area contributed by atoms with Crippen LogP contribution in [0.25, 0.3) is 0 Å². The van der Waals surface area contributed by atoms with Gasteiger partial charge in [0.15, 0.2) is 0 Å². The second kappa shape index (κ2) is 7.27. The molecule has 4 heteroatoms. The molecule has 4 aliphatic carbocycles. The van der Waals surface area contributed by atoms with Gasteiger partial charge in [0.05, 0.1) is 12.2 Å². The summed E-state index contributed by atoms with van der Waals surface area (Å²) < 4.78 is 0. The highest BCUT2D eigenvalue weighted by Gasteiger charge is 2.62. The van der Waals surface area contributed by atoms with E-state index in [1.54, 1.807) is 0 Å². The first kappa shape index (κ1) is 20.7. The first-order chi connectivity index (χ1) is 13.2. The fourth-order valence-electron chi connectivity index (χ4n) is 8.73. The molecular weight excluding hydrogens is 352 g/mol. The van der Waals surface area contributed by atoms with Crippen molar-refractivity contribution < 1.29 is 20.1 Å². The smallest absolute Gasteiger partial charge is 0.303 e. The number of hydrogen-bond acceptors (Lipinski definition) is 3. The normalized spacial score (nSPS) is 51.7. The van der Waals surface area contributed by atoms with Crippen molar-refractivity contribution in [2.75, 3.05) is 0 Å². The van der Waals surface area contributed by atoms with Gasteiger partial charge < -0.3 is 15.3 Å². The molecule has 4 aliphatic rings. The van der Waals surface area contributed by atoms with E-state index in [0.717, 1.165) is 32.1 Å². The van der Waals surface area contributed by atoms with Gasteiger partial charge in [-0.15, -0.1) is 0 Å². The van der Waals surface area contributed by atoms with Gasteiger partial charge in [-0.05, 0) is 104 Å². The zero-order valence-electron chi connectivity index (χ0n) is 17.9. The number of rotatable bonds is 4. The summed E-state index contributed by atoms with van der Waals surface area (Å²) >= 11 is 0. The Kier molecular flexibility index (Phi) is 5.36. The Morgan fingerprint density at radius 3 is 2.39 bits per heavy atom. The molecule has 4 fully saturated rings. The van der Waals surface area contributed by atoms with Crippen LogP contribution >= 0.6 is 0 Å². The van der Waals surface area contributed by atoms with Crippen molar-refractivity contribution >= 4 is 5.97 Å². The van der Waals surface area contributed by atoms with E-state index >= 15 is 0 Å². The molecule has 0 spiro atoms. The maximum absolute atomic E-state index is 11.2. The molecule has 4 rings (SSSR count). The van der Waals surface area contributed by atoms with E-state index in [1.807, 2.05) is 0 Å². The molecule has 0 radical (unpaired) electrons. The van der Waals surface area contributed by atoms with Crippen molar-refractivity contribution in [1.82, 2.24) is 0 Å². The predicted molar refractivity (Wildman–Crippen MR) is 109 cm³/mol. The van der Waals surface area contributed by atoms with Crippen LogP contribution in [0.4, 0.5) is 0 Å². The number of carboxylic acid groups (broad SMARTS) is 1. The Hall–Kier alpha value is -0.610. The summed E-state index contributed by atoms with van der Waals surface area (Å²) in [6, 6.07) is 0. The van der Waals surface area contributed by atoms with Gasteiger partial charge in [0.2, 0.25) is 0 Å². The van der Waals surface area contributed by atoms with Gasteiger partial charge in [-0.3, -0.25) is 4.79 Å². The van der Waals surface area contributed by atoms with E-state index in [0.29, 0.717) is 35.5 Å². The molecule has 0 aromatic rings. The van der Waals surface area contributed by atoms with Gasteiger partial charge in [0, 0.05) is 6.42 Å². The first-order valence-electron chi connectivity index (χ1n) is 11.7. The van der Waals surface area contributed by atoms with Gasteiger partial charge >= 0.3 is 5.97 Å². The Morgan fingerprint density at radius 2 is 1.68 bits per heavy atom. The maximum Gasteiger partial charge on any atom is 0.303 e. The third-order valence-electron chi connectivity index (χ3n) is 10.2. The van der Waals surface area contributed by atoms with E-state index in [9.17, 15) is 15.0 Å². The molecule has 10 atom stereocenters. The molecule has 0 aromatic heterocycles. The average Bonchev–Trinajstić information content (AvgIpc) is 2.98. The molecular formula is C24H40O4. The van der Waals surface area contributed by atoms with Gasteiger partial charge in [0.25, 0.3) is 0 Å². The molecule has 0 bridgehead atoms. The Morgan fingerprint density at radius 1 is 1.00 bits per heavy atom. The van der Waals surface area contributed by atoms with Crippen LogP contribution in [0.1, 0.15) is 85.0 Å². The van der Waals surface area contributed by atoms with Crippen LogP contribution < -0.4 is 0 Å². The summed E-state index contributed by atoms with van der Waals surface area (Å²) in [7, 11) is 0. The summed E-state index contributed by atoms with van der Waals surface area (Å²) in [5, 5.41) is 30.5. The van der Waals surface area contributed by atoms with Crippen LogP contribution in [0.15, 0.2) is 0 Å². The molecule has 6 unspecified atom stereocenters. The molecule has 0 aliphatic heterocycles. The number of hydrogen-bond donors (Lipinski definition) is 3. The quantitative estimate of drug-likeness (QED) is 0.659. The molecule has 4 saturated carbocycles. The Balaban J connectivity index is 1.55. The monoisotopic (exact) mass is 392 g/mol. The van der Waals surface area contributed by atoms with Crippen molar-refractivity contribution in [1.29, 1.82) is 0 Å². The molecule has 28 heavy (non-hydrogen) atoms. The van der Waals surface area contributed by atoms with Crippen LogP contribution in [0.5, 0.6) is 0 Å². The number of carbonyl (C=O) groups is 1. The summed E-state index contributed by atoms with van der Waals surface area (Å²) in [5.74, 6) is 2.36. The fourth-order valence-corrected chi connectivity index (χ4v) is 8.73. The highest BCUT2D eigenvalue weighted by atomic mass is 16.4. The summed E-state index contributed by atoms with van der Waals surface area (Å²) in [6.45, 7) is 7.16. The Labute approximate surface area is 170 Å². The van der Waals surface area contributed by atoms with E-state index < -0.39 is 5.97 Å². The van der Waals surface area contributed by atoms with Crippen molar-refractivity contribution in [2.24, 2.45) is 46.3 Å². The highest BCUT2D eigenvalue weighted by Crippen LogP contribution is 2.68. The summed E-state index contributed by atoms with van der Waals surface area (Å²) in [4.78, 5) is 11.1. The standard InChI is InChI=1S/C24H40O4/c1-14(4-7-21(27)28)17-5-6-18-22-19(9-11-24(17,18)3)23(2)10-8-16(25)12-15(23)13-20(22)26/h14-20,22,25-26H,4-13H2,1-3H3,(H,27,28)/t14?,15?,16?,17-,18?,19?,20-,22?,23+,24-/m1/s1. The molecule has 0 aromatic carbocycles. The molecule has 0 heterocycles. The zero-order valence-corrected chi connectivity index (χ0v) is 17.9. The van der Waals surface area contributed by atoms with Crippen LogP contribution in [-0.2, 0) is 4.79 Å². The van der Waals surface area contributed by atoms with Crippen LogP contribution in [-0.4, -0.2) is 33.5 Å². The van der Waals surface area contributed by atoms with Crippen LogP contribution in [0, 0.1) is 46.3 Å². The van der Waals surface area contributed by atoms with Crippen LogP contribution in [0.2, 0.25) is 0 Å². The van der Waals surface area contributed by atoms with E-state index in [-0.39, 0.29) is 29.5 Å². The predicted octanol–water partition coefficient (Wildman–Crippen LogP) is 4.48. The number of aliphatic hydroxyl groups is 2. The van der Waals surface area contributed by atoms with Gasteiger partial charge in [-0.1, -0.05) is 20.8 Å². The minimum Gasteiger partial charge on any atom is -0.481 e. The van der Waals surface area contributed by atoms with Crippen molar-refractivity contribution in [3.63, 3.8) is 0 Å². The number of carboxylic acids is 1. The summed E-state index contributed by atoms with van der Waals surface area (Å²) in [5.41, 5.74) is 0.523. The second-order valence-electron chi connectivity index (χ2n) is 11.4. The van der Waals surface area contributed by atoms with Crippen molar-refractivity contribution in [2.45, 2.75) is 97.2 Å². The average molecular weight is 393 g/mol. The fraction of sp³-hybridized carbons (Fsp3) is 0.958. The SMILES string of the molecule is CC(CCC(=O)O)[C@H]1CCC2C3C(CC[C@@]21C)[C@@]1(C)CCC(O)CC1C[C@H]3O. The molecule has 4 nitrogen and oxygen atoms in total. The van der Waals surface area contributed by atoms with E-state index in [2.05, 4.69) is 20.8 Å². The highest BCUT2D eigenvalue weighted by molar-refractivity contribution is 5.66. The molecule has 3 N–H and O–H groups in total.